The molecule has 104 valence electrons. The Morgan fingerprint density at radius 1 is 1.11 bits per heavy atom. The molecule has 0 N–H and O–H groups in total. The monoisotopic (exact) mass is 279 g/mol. The van der Waals surface area contributed by atoms with Crippen LogP contribution in [0.4, 0.5) is 0 Å². The fourth-order valence-electron chi connectivity index (χ4n) is 2.51. The lowest BCUT2D eigenvalue weighted by atomic mass is 10.2. The van der Waals surface area contributed by atoms with E-state index in [1.165, 1.54) is 24.6 Å². The predicted molar refractivity (Wildman–Crippen MR) is 77.7 cm³/mol. The van der Waals surface area contributed by atoms with Crippen LogP contribution in [0.5, 0.6) is 0 Å². The van der Waals surface area contributed by atoms with Crippen LogP contribution in [0.25, 0.3) is 0 Å². The normalized spacial score (nSPS) is 16.3. The van der Waals surface area contributed by atoms with Gasteiger partial charge in [0.1, 0.15) is 10.9 Å². The molecular formula is C14H21N3OS. The fourth-order valence-corrected chi connectivity index (χ4v) is 3.17. The van der Waals surface area contributed by atoms with E-state index in [-0.39, 0.29) is 5.91 Å². The summed E-state index contributed by atoms with van der Waals surface area (Å²) in [5.74, 6) is 0.831. The van der Waals surface area contributed by atoms with E-state index in [0.717, 1.165) is 42.5 Å². The third-order valence-corrected chi connectivity index (χ3v) is 4.15. The lowest BCUT2D eigenvalue weighted by Gasteiger charge is -2.22. The molecule has 2 rings (SSSR count). The van der Waals surface area contributed by atoms with Gasteiger partial charge in [-0.2, -0.15) is 0 Å². The van der Waals surface area contributed by atoms with E-state index in [1.54, 1.807) is 0 Å². The highest BCUT2D eigenvalue weighted by Crippen LogP contribution is 2.23. The maximum Gasteiger partial charge on any atom is 0.258 e. The van der Waals surface area contributed by atoms with Crippen LogP contribution < -0.4 is 0 Å². The minimum atomic E-state index is 0.101. The van der Waals surface area contributed by atoms with Gasteiger partial charge in [-0.1, -0.05) is 12.8 Å². The predicted octanol–water partition coefficient (Wildman–Crippen LogP) is 2.83. The SMILES string of the molecule is CSc1nc(C)nc(C)c1C(=O)N1CCCCCC1. The number of carbonyl (C=O) groups excluding carboxylic acids is 1. The molecular weight excluding hydrogens is 258 g/mol. The first kappa shape index (κ1) is 14.3. The molecule has 19 heavy (non-hydrogen) atoms. The van der Waals surface area contributed by atoms with Gasteiger partial charge in [-0.15, -0.1) is 11.8 Å². The molecule has 4 nitrogen and oxygen atoms in total. The van der Waals surface area contributed by atoms with Crippen molar-refractivity contribution in [3.8, 4) is 0 Å². The average molecular weight is 279 g/mol. The van der Waals surface area contributed by atoms with Crippen molar-refractivity contribution < 1.29 is 4.79 Å². The number of carbonyl (C=O) groups is 1. The van der Waals surface area contributed by atoms with Crippen molar-refractivity contribution in [3.63, 3.8) is 0 Å². The molecule has 0 saturated carbocycles. The van der Waals surface area contributed by atoms with Gasteiger partial charge in [0.05, 0.1) is 11.3 Å². The van der Waals surface area contributed by atoms with Gasteiger partial charge in [0.2, 0.25) is 0 Å². The summed E-state index contributed by atoms with van der Waals surface area (Å²) in [6, 6.07) is 0. The van der Waals surface area contributed by atoms with Crippen LogP contribution in [0.2, 0.25) is 0 Å². The minimum absolute atomic E-state index is 0.101. The van der Waals surface area contributed by atoms with Gasteiger partial charge >= 0.3 is 0 Å². The van der Waals surface area contributed by atoms with Crippen molar-refractivity contribution in [2.75, 3.05) is 19.3 Å². The molecule has 0 bridgehead atoms. The van der Waals surface area contributed by atoms with Crippen molar-refractivity contribution in [1.82, 2.24) is 14.9 Å². The van der Waals surface area contributed by atoms with Gasteiger partial charge in [0.15, 0.2) is 0 Å². The van der Waals surface area contributed by atoms with Gasteiger partial charge in [0.25, 0.3) is 5.91 Å². The Kier molecular flexibility index (Phi) is 4.80. The standard InChI is InChI=1S/C14H21N3OS/c1-10-12(13(19-3)16-11(2)15-10)14(18)17-8-6-4-5-7-9-17/h4-9H2,1-3H3. The second-order valence-corrected chi connectivity index (χ2v) is 5.74. The Morgan fingerprint density at radius 2 is 1.74 bits per heavy atom. The van der Waals surface area contributed by atoms with E-state index >= 15 is 0 Å². The van der Waals surface area contributed by atoms with Crippen molar-refractivity contribution in [3.05, 3.63) is 17.1 Å². The molecule has 2 heterocycles. The lowest BCUT2D eigenvalue weighted by Crippen LogP contribution is -2.33. The van der Waals surface area contributed by atoms with Gasteiger partial charge in [-0.3, -0.25) is 4.79 Å². The van der Waals surface area contributed by atoms with Crippen molar-refractivity contribution in [1.29, 1.82) is 0 Å². The number of aryl methyl sites for hydroxylation is 2. The third kappa shape index (κ3) is 3.26. The summed E-state index contributed by atoms with van der Waals surface area (Å²) in [6.45, 7) is 5.49. The molecule has 1 aromatic rings. The molecule has 5 heteroatoms. The summed E-state index contributed by atoms with van der Waals surface area (Å²) in [7, 11) is 0. The second-order valence-electron chi connectivity index (χ2n) is 4.95. The molecule has 1 saturated heterocycles. The lowest BCUT2D eigenvalue weighted by molar-refractivity contribution is 0.0756. The van der Waals surface area contributed by atoms with E-state index in [2.05, 4.69) is 9.97 Å². The van der Waals surface area contributed by atoms with Crippen LogP contribution >= 0.6 is 11.8 Å². The second kappa shape index (κ2) is 6.37. The maximum atomic E-state index is 12.7. The molecule has 0 aliphatic carbocycles. The molecule has 0 spiro atoms. The highest BCUT2D eigenvalue weighted by atomic mass is 32.2. The molecule has 1 aliphatic rings. The zero-order chi connectivity index (χ0) is 13.8. The van der Waals surface area contributed by atoms with Crippen molar-refractivity contribution in [2.45, 2.75) is 44.6 Å². The molecule has 0 radical (unpaired) electrons. The molecule has 0 atom stereocenters. The molecule has 1 amide bonds. The van der Waals surface area contributed by atoms with Crippen LogP contribution in [-0.2, 0) is 0 Å². The number of hydrogen-bond donors (Lipinski definition) is 0. The van der Waals surface area contributed by atoms with E-state index in [0.29, 0.717) is 5.56 Å². The quantitative estimate of drug-likeness (QED) is 0.617. The number of nitrogens with zero attached hydrogens (tertiary/aromatic N) is 3. The first-order chi connectivity index (χ1) is 9.13. The largest absolute Gasteiger partial charge is 0.339 e. The van der Waals surface area contributed by atoms with Crippen molar-refractivity contribution in [2.24, 2.45) is 0 Å². The Hall–Kier alpha value is -1.10. The Morgan fingerprint density at radius 3 is 2.32 bits per heavy atom. The number of amides is 1. The first-order valence-electron chi connectivity index (χ1n) is 6.82. The van der Waals surface area contributed by atoms with E-state index in [9.17, 15) is 4.79 Å². The third-order valence-electron chi connectivity index (χ3n) is 3.47. The maximum absolute atomic E-state index is 12.7. The summed E-state index contributed by atoms with van der Waals surface area (Å²) in [5.41, 5.74) is 1.49. The van der Waals surface area contributed by atoms with Gasteiger partial charge < -0.3 is 4.90 Å². The number of aromatic nitrogens is 2. The van der Waals surface area contributed by atoms with E-state index < -0.39 is 0 Å². The Balaban J connectivity index is 2.31. The summed E-state index contributed by atoms with van der Waals surface area (Å²) >= 11 is 1.52. The summed E-state index contributed by atoms with van der Waals surface area (Å²) in [5, 5.41) is 0.805. The zero-order valence-corrected chi connectivity index (χ0v) is 12.7. The topological polar surface area (TPSA) is 46.1 Å². The van der Waals surface area contributed by atoms with Gasteiger partial charge in [-0.05, 0) is 32.9 Å². The van der Waals surface area contributed by atoms with E-state index in [4.69, 9.17) is 0 Å². The van der Waals surface area contributed by atoms with Crippen molar-refractivity contribution >= 4 is 17.7 Å². The highest BCUT2D eigenvalue weighted by molar-refractivity contribution is 7.98. The van der Waals surface area contributed by atoms with Crippen LogP contribution in [0.1, 0.15) is 47.6 Å². The van der Waals surface area contributed by atoms with E-state index in [1.807, 2.05) is 25.0 Å². The number of thioether (sulfide) groups is 1. The van der Waals surface area contributed by atoms with Gasteiger partial charge in [0, 0.05) is 13.1 Å². The van der Waals surface area contributed by atoms with Crippen LogP contribution in [0.3, 0.4) is 0 Å². The molecule has 1 fully saturated rings. The number of rotatable bonds is 2. The molecule has 0 unspecified atom stereocenters. The number of likely N-dealkylation sites (tertiary alicyclic amines) is 1. The molecule has 1 aliphatic heterocycles. The Labute approximate surface area is 119 Å². The summed E-state index contributed by atoms with van der Waals surface area (Å²) in [4.78, 5) is 23.4. The zero-order valence-electron chi connectivity index (χ0n) is 11.9. The van der Waals surface area contributed by atoms with Crippen LogP contribution in [0, 0.1) is 13.8 Å². The summed E-state index contributed by atoms with van der Waals surface area (Å²) in [6.07, 6.45) is 6.61. The van der Waals surface area contributed by atoms with Crippen LogP contribution in [-0.4, -0.2) is 40.1 Å². The summed E-state index contributed by atoms with van der Waals surface area (Å²) < 4.78 is 0. The minimum Gasteiger partial charge on any atom is -0.339 e. The fraction of sp³-hybridized carbons (Fsp3) is 0.643. The Bertz CT molecular complexity index is 468. The van der Waals surface area contributed by atoms with Gasteiger partial charge in [-0.25, -0.2) is 9.97 Å². The number of hydrogen-bond acceptors (Lipinski definition) is 4. The smallest absolute Gasteiger partial charge is 0.258 e. The average Bonchev–Trinajstić information content (AvgIpc) is 2.65. The molecule has 1 aromatic heterocycles. The highest BCUT2D eigenvalue weighted by Gasteiger charge is 2.23. The first-order valence-corrected chi connectivity index (χ1v) is 8.04. The molecule has 0 aromatic carbocycles. The van der Waals surface area contributed by atoms with Crippen LogP contribution in [0.15, 0.2) is 5.03 Å².